The molecule has 3 rings (SSSR count). The minimum absolute atomic E-state index is 0.0679. The molecular formula is C14H12ClN3O. The molecule has 2 aromatic rings. The van der Waals surface area contributed by atoms with Crippen molar-refractivity contribution in [2.24, 2.45) is 5.73 Å². The highest BCUT2D eigenvalue weighted by Gasteiger charge is 2.18. The molecule has 4 nitrogen and oxygen atoms in total. The second-order valence-corrected chi connectivity index (χ2v) is 4.94. The summed E-state index contributed by atoms with van der Waals surface area (Å²) in [4.78, 5) is 19.6. The topological polar surface area (TPSA) is 71.8 Å². The van der Waals surface area contributed by atoms with Gasteiger partial charge in [0.1, 0.15) is 5.65 Å². The van der Waals surface area contributed by atoms with Crippen molar-refractivity contribution in [2.45, 2.75) is 12.5 Å². The van der Waals surface area contributed by atoms with Gasteiger partial charge in [-0.2, -0.15) is 0 Å². The first kappa shape index (κ1) is 12.1. The maximum Gasteiger partial charge on any atom is 0.194 e. The first-order valence-corrected chi connectivity index (χ1v) is 6.34. The lowest BCUT2D eigenvalue weighted by Gasteiger charge is -2.11. The van der Waals surface area contributed by atoms with Crippen molar-refractivity contribution >= 4 is 28.4 Å². The lowest BCUT2D eigenvalue weighted by molar-refractivity contribution is 0.103. The molecule has 1 aliphatic rings. The zero-order valence-corrected chi connectivity index (χ0v) is 10.8. The van der Waals surface area contributed by atoms with Gasteiger partial charge in [-0.05, 0) is 12.5 Å². The number of pyridine rings is 1. The maximum atomic E-state index is 12.5. The summed E-state index contributed by atoms with van der Waals surface area (Å²) in [5, 5.41) is 1.23. The van der Waals surface area contributed by atoms with Crippen LogP contribution in [0.3, 0.4) is 0 Å². The van der Waals surface area contributed by atoms with Crippen molar-refractivity contribution in [2.75, 3.05) is 0 Å². The molecule has 3 N–H and O–H groups in total. The molecule has 0 saturated carbocycles. The summed E-state index contributed by atoms with van der Waals surface area (Å²) in [7, 11) is 0. The molecule has 1 atom stereocenters. The number of nitrogens with one attached hydrogen (secondary N) is 1. The average Bonchev–Trinajstić information content (AvgIpc) is 2.80. The Morgan fingerprint density at radius 2 is 2.37 bits per heavy atom. The van der Waals surface area contributed by atoms with Gasteiger partial charge in [0.15, 0.2) is 5.78 Å². The third-order valence-electron chi connectivity index (χ3n) is 3.10. The van der Waals surface area contributed by atoms with E-state index in [-0.39, 0.29) is 11.8 Å². The Kier molecular flexibility index (Phi) is 2.97. The number of aromatic nitrogens is 2. The molecule has 96 valence electrons. The van der Waals surface area contributed by atoms with Crippen molar-refractivity contribution in [3.63, 3.8) is 0 Å². The number of aromatic amines is 1. The lowest BCUT2D eigenvalue weighted by atomic mass is 9.96. The number of nitrogens with two attached hydrogens (primary N) is 1. The summed E-state index contributed by atoms with van der Waals surface area (Å²) < 4.78 is 0. The van der Waals surface area contributed by atoms with E-state index in [4.69, 9.17) is 17.3 Å². The summed E-state index contributed by atoms with van der Waals surface area (Å²) in [6, 6.07) is 1.64. The summed E-state index contributed by atoms with van der Waals surface area (Å²) in [6.45, 7) is 0. The average molecular weight is 274 g/mol. The van der Waals surface area contributed by atoms with E-state index in [1.54, 1.807) is 24.5 Å². The van der Waals surface area contributed by atoms with Crippen LogP contribution in [0.4, 0.5) is 0 Å². The van der Waals surface area contributed by atoms with Gasteiger partial charge >= 0.3 is 0 Å². The highest BCUT2D eigenvalue weighted by atomic mass is 35.5. The van der Waals surface area contributed by atoms with Gasteiger partial charge in [-0.1, -0.05) is 29.8 Å². The van der Waals surface area contributed by atoms with Crippen LogP contribution in [0.15, 0.2) is 42.3 Å². The van der Waals surface area contributed by atoms with Crippen LogP contribution in [0.25, 0.3) is 11.0 Å². The van der Waals surface area contributed by atoms with E-state index in [0.717, 1.165) is 11.8 Å². The predicted octanol–water partition coefficient (Wildman–Crippen LogP) is 2.61. The van der Waals surface area contributed by atoms with Gasteiger partial charge in [-0.3, -0.25) is 4.79 Å². The van der Waals surface area contributed by atoms with Crippen molar-refractivity contribution in [1.29, 1.82) is 0 Å². The Hall–Kier alpha value is -1.91. The zero-order chi connectivity index (χ0) is 13.4. The van der Waals surface area contributed by atoms with E-state index in [1.807, 2.05) is 12.2 Å². The fraction of sp³-hybridized carbons (Fsp3) is 0.143. The van der Waals surface area contributed by atoms with Crippen LogP contribution < -0.4 is 5.73 Å². The van der Waals surface area contributed by atoms with Crippen LogP contribution >= 0.6 is 11.6 Å². The lowest BCUT2D eigenvalue weighted by Crippen LogP contribution is -2.20. The largest absolute Gasteiger partial charge is 0.345 e. The Bertz CT molecular complexity index is 715. The number of carbonyl (C=O) groups excluding carboxylic acids is 1. The molecule has 0 saturated heterocycles. The minimum Gasteiger partial charge on any atom is -0.345 e. The zero-order valence-electron chi connectivity index (χ0n) is 10.1. The number of H-pyrrole nitrogens is 1. The van der Waals surface area contributed by atoms with E-state index in [0.29, 0.717) is 21.8 Å². The van der Waals surface area contributed by atoms with E-state index >= 15 is 0 Å². The number of hydrogen-bond donors (Lipinski definition) is 2. The van der Waals surface area contributed by atoms with Crippen molar-refractivity contribution in [3.05, 3.63) is 52.8 Å². The maximum absolute atomic E-state index is 12.5. The molecule has 0 fully saturated rings. The number of nitrogens with zero attached hydrogens (tertiary/aromatic N) is 1. The first-order valence-electron chi connectivity index (χ1n) is 5.96. The van der Waals surface area contributed by atoms with Crippen LogP contribution in [-0.4, -0.2) is 21.8 Å². The number of hydrogen-bond acceptors (Lipinski definition) is 3. The predicted molar refractivity (Wildman–Crippen MR) is 75.2 cm³/mol. The Morgan fingerprint density at radius 3 is 3.16 bits per heavy atom. The van der Waals surface area contributed by atoms with Gasteiger partial charge in [0.25, 0.3) is 0 Å². The third-order valence-corrected chi connectivity index (χ3v) is 3.31. The number of carbonyl (C=O) groups is 1. The SMILES string of the molecule is NC1C=C(C(=O)c2c[nH]c3ncc(Cl)cc23)C=CC1. The number of allylic oxidation sites excluding steroid dienone is 2. The minimum atomic E-state index is -0.101. The van der Waals surface area contributed by atoms with E-state index in [1.165, 1.54) is 0 Å². The van der Waals surface area contributed by atoms with Crippen LogP contribution in [0, 0.1) is 0 Å². The molecular weight excluding hydrogens is 262 g/mol. The van der Waals surface area contributed by atoms with E-state index in [2.05, 4.69) is 9.97 Å². The molecule has 0 aliphatic heterocycles. The molecule has 0 spiro atoms. The van der Waals surface area contributed by atoms with Crippen molar-refractivity contribution in [3.8, 4) is 0 Å². The first-order chi connectivity index (χ1) is 9.15. The molecule has 2 heterocycles. The smallest absolute Gasteiger partial charge is 0.194 e. The highest BCUT2D eigenvalue weighted by Crippen LogP contribution is 2.24. The standard InChI is InChI=1S/C14H12ClN3O/c15-9-5-11-12(7-18-14(11)17-6-9)13(19)8-2-1-3-10(16)4-8/h1-2,4-7,10H,3,16H2,(H,17,18). The van der Waals surface area contributed by atoms with Crippen LogP contribution in [-0.2, 0) is 0 Å². The third kappa shape index (κ3) is 2.20. The summed E-state index contributed by atoms with van der Waals surface area (Å²) in [5.74, 6) is -0.0679. The summed E-state index contributed by atoms with van der Waals surface area (Å²) >= 11 is 5.92. The summed E-state index contributed by atoms with van der Waals surface area (Å²) in [5.41, 5.74) is 7.66. The molecule has 2 aromatic heterocycles. The normalized spacial score (nSPS) is 18.6. The van der Waals surface area contributed by atoms with Crippen molar-refractivity contribution in [1.82, 2.24) is 9.97 Å². The molecule has 5 heteroatoms. The second-order valence-electron chi connectivity index (χ2n) is 4.51. The van der Waals surface area contributed by atoms with Gasteiger partial charge < -0.3 is 10.7 Å². The van der Waals surface area contributed by atoms with Gasteiger partial charge in [0, 0.05) is 35.0 Å². The number of halogens is 1. The fourth-order valence-corrected chi connectivity index (χ4v) is 2.34. The molecule has 19 heavy (non-hydrogen) atoms. The fourth-order valence-electron chi connectivity index (χ4n) is 2.18. The molecule has 0 aromatic carbocycles. The Labute approximate surface area is 115 Å². The van der Waals surface area contributed by atoms with Crippen LogP contribution in [0.2, 0.25) is 5.02 Å². The second kappa shape index (κ2) is 4.64. The molecule has 1 aliphatic carbocycles. The number of rotatable bonds is 2. The molecule has 0 amide bonds. The number of Topliss-reactive ketones (excluding diaryl/α,β-unsaturated/α-hetero) is 1. The number of ketones is 1. The van der Waals surface area contributed by atoms with Gasteiger partial charge in [0.05, 0.1) is 5.02 Å². The Morgan fingerprint density at radius 1 is 1.53 bits per heavy atom. The van der Waals surface area contributed by atoms with Gasteiger partial charge in [-0.25, -0.2) is 4.98 Å². The highest BCUT2D eigenvalue weighted by molar-refractivity contribution is 6.31. The molecule has 1 unspecified atom stereocenters. The monoisotopic (exact) mass is 273 g/mol. The van der Waals surface area contributed by atoms with E-state index < -0.39 is 0 Å². The number of fused-ring (bicyclic) bond motifs is 1. The van der Waals surface area contributed by atoms with Gasteiger partial charge in [0.2, 0.25) is 0 Å². The molecule has 0 radical (unpaired) electrons. The van der Waals surface area contributed by atoms with Crippen LogP contribution in [0.5, 0.6) is 0 Å². The van der Waals surface area contributed by atoms with E-state index in [9.17, 15) is 4.79 Å². The Balaban J connectivity index is 2.07. The summed E-state index contributed by atoms with van der Waals surface area (Å²) in [6.07, 6.45) is 9.48. The molecule has 0 bridgehead atoms. The van der Waals surface area contributed by atoms with Crippen LogP contribution in [0.1, 0.15) is 16.8 Å². The van der Waals surface area contributed by atoms with Crippen molar-refractivity contribution < 1.29 is 4.79 Å². The van der Waals surface area contributed by atoms with Gasteiger partial charge in [-0.15, -0.1) is 0 Å². The quantitative estimate of drug-likeness (QED) is 0.826.